The normalized spacial score (nSPS) is 39.8. The van der Waals surface area contributed by atoms with Gasteiger partial charge in [-0.25, -0.2) is 0 Å². The first-order valence-electron chi connectivity index (χ1n) is 4.81. The highest BCUT2D eigenvalue weighted by atomic mass is 16.7. The highest BCUT2D eigenvalue weighted by molar-refractivity contribution is 5.10. The molecule has 0 saturated carbocycles. The van der Waals surface area contributed by atoms with Crippen molar-refractivity contribution in [1.82, 2.24) is 5.06 Å². The van der Waals surface area contributed by atoms with E-state index in [1.165, 1.54) is 0 Å². The van der Waals surface area contributed by atoms with Crippen molar-refractivity contribution in [2.24, 2.45) is 0 Å². The summed E-state index contributed by atoms with van der Waals surface area (Å²) < 4.78 is 0. The lowest BCUT2D eigenvalue weighted by molar-refractivity contribution is -0.298. The van der Waals surface area contributed by atoms with Crippen LogP contribution in [0.4, 0.5) is 0 Å². The van der Waals surface area contributed by atoms with Gasteiger partial charge in [0.05, 0.1) is 12.1 Å². The second-order valence-corrected chi connectivity index (χ2v) is 4.82. The lowest BCUT2D eigenvalue weighted by Gasteiger charge is -2.49. The van der Waals surface area contributed by atoms with Gasteiger partial charge in [0.15, 0.2) is 0 Å². The van der Waals surface area contributed by atoms with Gasteiger partial charge in [-0.05, 0) is 27.2 Å². The van der Waals surface area contributed by atoms with Crippen molar-refractivity contribution in [2.75, 3.05) is 0 Å². The molecule has 0 radical (unpaired) electrons. The molecule has 0 amide bonds. The van der Waals surface area contributed by atoms with E-state index < -0.39 is 0 Å². The zero-order chi connectivity index (χ0) is 9.64. The van der Waals surface area contributed by atoms with Crippen molar-refractivity contribution < 1.29 is 9.94 Å². The van der Waals surface area contributed by atoms with Crippen molar-refractivity contribution in [3.63, 3.8) is 0 Å². The monoisotopic (exact) mass is 183 g/mol. The summed E-state index contributed by atoms with van der Waals surface area (Å²) in [5, 5.41) is 11.6. The van der Waals surface area contributed by atoms with Gasteiger partial charge >= 0.3 is 0 Å². The van der Waals surface area contributed by atoms with Gasteiger partial charge in [-0.2, -0.15) is 5.06 Å². The van der Waals surface area contributed by atoms with Gasteiger partial charge in [0.1, 0.15) is 6.10 Å². The standard InChI is InChI=1S/C10H17NO2/c1-10(2,3)11-7-4-5-9(13-11)8(12)6-7/h4-5,7-9,12H,6H2,1-3H3. The van der Waals surface area contributed by atoms with E-state index in [1.807, 2.05) is 11.1 Å². The van der Waals surface area contributed by atoms with Crippen LogP contribution in [0.3, 0.4) is 0 Å². The number of hydrogen-bond donors (Lipinski definition) is 1. The highest BCUT2D eigenvalue weighted by Gasteiger charge is 2.41. The lowest BCUT2D eigenvalue weighted by Crippen LogP contribution is -2.58. The number of aliphatic hydroxyl groups excluding tert-OH is 1. The Morgan fingerprint density at radius 3 is 2.46 bits per heavy atom. The molecule has 3 aliphatic rings. The summed E-state index contributed by atoms with van der Waals surface area (Å²) in [6, 6.07) is 0.236. The van der Waals surface area contributed by atoms with E-state index in [1.54, 1.807) is 0 Å². The van der Waals surface area contributed by atoms with E-state index in [0.717, 1.165) is 6.42 Å². The molecule has 1 fully saturated rings. The summed E-state index contributed by atoms with van der Waals surface area (Å²) in [6.07, 6.45) is 4.42. The maximum Gasteiger partial charge on any atom is 0.123 e. The minimum absolute atomic E-state index is 0.00775. The zero-order valence-electron chi connectivity index (χ0n) is 8.40. The third-order valence-electron chi connectivity index (χ3n) is 2.58. The van der Waals surface area contributed by atoms with Gasteiger partial charge in [-0.1, -0.05) is 12.2 Å². The molecule has 3 unspecified atom stereocenters. The Labute approximate surface area is 78.9 Å². The summed E-state index contributed by atoms with van der Waals surface area (Å²) in [5.74, 6) is 0. The fourth-order valence-corrected chi connectivity index (χ4v) is 1.97. The molecular formula is C10H17NO2. The number of rotatable bonds is 0. The number of hydrogen-bond acceptors (Lipinski definition) is 3. The Bertz CT molecular complexity index is 232. The summed E-state index contributed by atoms with van der Waals surface area (Å²) in [4.78, 5) is 5.66. The molecule has 13 heavy (non-hydrogen) atoms. The van der Waals surface area contributed by atoms with Crippen LogP contribution >= 0.6 is 0 Å². The zero-order valence-corrected chi connectivity index (χ0v) is 8.40. The molecule has 1 aliphatic carbocycles. The second kappa shape index (κ2) is 2.80. The van der Waals surface area contributed by atoms with E-state index >= 15 is 0 Å². The first kappa shape index (κ1) is 9.19. The van der Waals surface area contributed by atoms with Crippen LogP contribution in [0.15, 0.2) is 12.2 Å². The van der Waals surface area contributed by atoms with Crippen LogP contribution in [-0.4, -0.2) is 34.0 Å². The van der Waals surface area contributed by atoms with Crippen LogP contribution < -0.4 is 0 Å². The van der Waals surface area contributed by atoms with E-state index in [4.69, 9.17) is 4.84 Å². The van der Waals surface area contributed by atoms with Gasteiger partial charge < -0.3 is 5.11 Å². The van der Waals surface area contributed by atoms with Crippen LogP contribution in [0.1, 0.15) is 27.2 Å². The molecule has 3 nitrogen and oxygen atoms in total. The smallest absolute Gasteiger partial charge is 0.123 e. The van der Waals surface area contributed by atoms with Crippen LogP contribution in [-0.2, 0) is 4.84 Å². The molecule has 1 saturated heterocycles. The van der Waals surface area contributed by atoms with Crippen LogP contribution in [0.2, 0.25) is 0 Å². The Hall–Kier alpha value is -0.380. The molecule has 0 spiro atoms. The van der Waals surface area contributed by atoms with Gasteiger partial charge in [-0.15, -0.1) is 0 Å². The first-order valence-corrected chi connectivity index (χ1v) is 4.81. The van der Waals surface area contributed by atoms with Gasteiger partial charge in [0.2, 0.25) is 0 Å². The maximum absolute atomic E-state index is 9.58. The number of hydroxylamine groups is 2. The third kappa shape index (κ3) is 1.52. The minimum atomic E-state index is -0.325. The Morgan fingerprint density at radius 2 is 2.08 bits per heavy atom. The predicted molar refractivity (Wildman–Crippen MR) is 50.0 cm³/mol. The molecule has 3 rings (SSSR count). The Balaban J connectivity index is 2.18. The molecule has 74 valence electrons. The average Bonchev–Trinajstić information content (AvgIpc) is 2.03. The molecule has 2 bridgehead atoms. The molecule has 3 heteroatoms. The average molecular weight is 183 g/mol. The van der Waals surface area contributed by atoms with Crippen molar-refractivity contribution in [3.05, 3.63) is 12.2 Å². The fraction of sp³-hybridized carbons (Fsp3) is 0.800. The lowest BCUT2D eigenvalue weighted by atomic mass is 9.92. The van der Waals surface area contributed by atoms with Gasteiger partial charge in [-0.3, -0.25) is 4.84 Å². The van der Waals surface area contributed by atoms with Gasteiger partial charge in [0, 0.05) is 5.54 Å². The van der Waals surface area contributed by atoms with E-state index in [-0.39, 0.29) is 23.8 Å². The first-order chi connectivity index (χ1) is 5.98. The molecule has 2 aliphatic heterocycles. The summed E-state index contributed by atoms with van der Waals surface area (Å²) in [7, 11) is 0. The molecule has 0 aromatic carbocycles. The summed E-state index contributed by atoms with van der Waals surface area (Å²) in [6.45, 7) is 6.36. The van der Waals surface area contributed by atoms with Crippen molar-refractivity contribution in [2.45, 2.75) is 51.0 Å². The summed E-state index contributed by atoms with van der Waals surface area (Å²) >= 11 is 0. The minimum Gasteiger partial charge on any atom is -0.390 e. The highest BCUT2D eigenvalue weighted by Crippen LogP contribution is 2.32. The van der Waals surface area contributed by atoms with Crippen LogP contribution in [0.25, 0.3) is 0 Å². The van der Waals surface area contributed by atoms with Crippen molar-refractivity contribution in [3.8, 4) is 0 Å². The van der Waals surface area contributed by atoms with Crippen molar-refractivity contribution in [1.29, 1.82) is 0 Å². The number of fused-ring (bicyclic) bond motifs is 2. The maximum atomic E-state index is 9.58. The van der Waals surface area contributed by atoms with E-state index in [9.17, 15) is 5.11 Å². The quantitative estimate of drug-likeness (QED) is 0.571. The van der Waals surface area contributed by atoms with Crippen molar-refractivity contribution >= 4 is 0 Å². The third-order valence-corrected chi connectivity index (χ3v) is 2.58. The fourth-order valence-electron chi connectivity index (χ4n) is 1.97. The van der Waals surface area contributed by atoms with E-state index in [0.29, 0.717) is 0 Å². The topological polar surface area (TPSA) is 32.7 Å². The number of nitrogens with zero attached hydrogens (tertiary/aromatic N) is 1. The molecule has 2 heterocycles. The SMILES string of the molecule is CC(C)(C)N1OC2C=CC1CC2O. The Morgan fingerprint density at radius 1 is 1.38 bits per heavy atom. The molecule has 0 aromatic heterocycles. The van der Waals surface area contributed by atoms with E-state index in [2.05, 4.69) is 26.8 Å². The van der Waals surface area contributed by atoms with Crippen LogP contribution in [0.5, 0.6) is 0 Å². The molecule has 1 N–H and O–H groups in total. The van der Waals surface area contributed by atoms with Gasteiger partial charge in [0.25, 0.3) is 0 Å². The molecule has 0 aromatic rings. The predicted octanol–water partition coefficient (Wildman–Crippen LogP) is 1.09. The largest absolute Gasteiger partial charge is 0.390 e. The summed E-state index contributed by atoms with van der Waals surface area (Å²) in [5.41, 5.74) is 0.00775. The molecular weight excluding hydrogens is 166 g/mol. The molecule has 3 atom stereocenters. The number of aliphatic hydroxyl groups is 1. The van der Waals surface area contributed by atoms with Crippen LogP contribution in [0, 0.1) is 0 Å². The Kier molecular flexibility index (Phi) is 1.98. The second-order valence-electron chi connectivity index (χ2n) is 4.82.